The average molecular weight is 729 g/mol. The van der Waals surface area contributed by atoms with Crippen LogP contribution in [0.15, 0.2) is 89.5 Å². The number of carbonyl (C=O) groups excluding carboxylic acids is 5. The van der Waals surface area contributed by atoms with Crippen LogP contribution in [0.4, 0.5) is 15.1 Å². The smallest absolute Gasteiger partial charge is 0.341 e. The molecule has 13 heteroatoms. The van der Waals surface area contributed by atoms with Crippen LogP contribution in [0.25, 0.3) is 6.08 Å². The Morgan fingerprint density at radius 2 is 1.73 bits per heavy atom. The Hall–Kier alpha value is -5.27. The highest BCUT2D eigenvalue weighted by Crippen LogP contribution is 2.39. The summed E-state index contributed by atoms with van der Waals surface area (Å²) in [5.41, 5.74) is 2.36. The number of anilines is 2. The fourth-order valence-electron chi connectivity index (χ4n) is 5.37. The van der Waals surface area contributed by atoms with E-state index in [4.69, 9.17) is 4.74 Å². The first-order valence-corrected chi connectivity index (χ1v) is 18.1. The van der Waals surface area contributed by atoms with Gasteiger partial charge in [0.25, 0.3) is 11.8 Å². The maximum absolute atomic E-state index is 13.6. The molecule has 0 radical (unpaired) electrons. The van der Waals surface area contributed by atoms with Crippen LogP contribution >= 0.6 is 23.1 Å². The minimum atomic E-state index is -0.605. The van der Waals surface area contributed by atoms with E-state index >= 15 is 0 Å². The molecule has 10 nitrogen and oxygen atoms in total. The van der Waals surface area contributed by atoms with Gasteiger partial charge in [-0.25, -0.2) is 9.18 Å². The van der Waals surface area contributed by atoms with Crippen LogP contribution < -0.4 is 16.0 Å². The zero-order chi connectivity index (χ0) is 36.5. The number of fused-ring (bicyclic) bond motifs is 1. The summed E-state index contributed by atoms with van der Waals surface area (Å²) < 4.78 is 18.9. The number of thiophene rings is 1. The van der Waals surface area contributed by atoms with Crippen LogP contribution in [0.1, 0.15) is 63.9 Å². The molecule has 0 fully saturated rings. The lowest BCUT2D eigenvalue weighted by Crippen LogP contribution is -2.34. The van der Waals surface area contributed by atoms with Gasteiger partial charge in [-0.15, -0.1) is 23.1 Å². The Labute approximate surface area is 303 Å². The summed E-state index contributed by atoms with van der Waals surface area (Å²) in [4.78, 5) is 68.4. The van der Waals surface area contributed by atoms with Gasteiger partial charge in [-0.3, -0.25) is 19.2 Å². The lowest BCUT2D eigenvalue weighted by Gasteiger charge is -2.25. The molecule has 264 valence electrons. The molecule has 1 aliphatic rings. The number of nitrogens with zero attached hydrogens (tertiary/aromatic N) is 1. The van der Waals surface area contributed by atoms with Gasteiger partial charge in [0.15, 0.2) is 0 Å². The number of esters is 1. The third kappa shape index (κ3) is 9.50. The van der Waals surface area contributed by atoms with Crippen molar-refractivity contribution in [2.45, 2.75) is 50.3 Å². The molecule has 0 spiro atoms. The quantitative estimate of drug-likeness (QED) is 0.0822. The van der Waals surface area contributed by atoms with Crippen molar-refractivity contribution < 1.29 is 33.1 Å². The molecule has 2 heterocycles. The van der Waals surface area contributed by atoms with E-state index in [9.17, 15) is 28.4 Å². The molecular weight excluding hydrogens is 692 g/mol. The first-order valence-electron chi connectivity index (χ1n) is 16.4. The number of halogens is 1. The standard InChI is InChI=1S/C38H37FN4O6S2/c1-4-31(36(47)42-37-33(38(48)49-5-2)29-18-19-43(23(3)44)22-32(29)51-37)50-28-13-9-12-27(21-28)40-35(46)30(20-24-14-16-26(39)17-15-24)41-34(45)25-10-7-6-8-11-25/h6-17,20-21,31H,4-5,18-19,22H2,1-3H3,(H,40,46)(H,41,45)(H,42,47)/b30-20-. The SMILES string of the molecule is CCOC(=O)c1c(NC(=O)C(CC)Sc2cccc(NC(=O)/C(=C/c3ccc(F)cc3)NC(=O)c3ccccc3)c2)sc2c1CCN(C(C)=O)C2. The molecule has 0 saturated carbocycles. The van der Waals surface area contributed by atoms with Crippen molar-refractivity contribution >= 4 is 69.5 Å². The summed E-state index contributed by atoms with van der Waals surface area (Å²) in [6.45, 7) is 6.11. The van der Waals surface area contributed by atoms with E-state index in [0.29, 0.717) is 58.2 Å². The number of amides is 4. The largest absolute Gasteiger partial charge is 0.462 e. The lowest BCUT2D eigenvalue weighted by molar-refractivity contribution is -0.129. The van der Waals surface area contributed by atoms with Crippen LogP contribution in [0, 0.1) is 5.82 Å². The summed E-state index contributed by atoms with van der Waals surface area (Å²) in [6.07, 6.45) is 2.40. The van der Waals surface area contributed by atoms with Gasteiger partial charge in [-0.1, -0.05) is 43.3 Å². The Morgan fingerprint density at radius 3 is 2.41 bits per heavy atom. The summed E-state index contributed by atoms with van der Waals surface area (Å²) in [6, 6.07) is 20.9. The van der Waals surface area contributed by atoms with E-state index in [0.717, 1.165) is 10.4 Å². The first-order chi connectivity index (χ1) is 24.6. The van der Waals surface area contributed by atoms with Crippen molar-refractivity contribution in [3.63, 3.8) is 0 Å². The van der Waals surface area contributed by atoms with Crippen LogP contribution in [0.3, 0.4) is 0 Å². The Kier molecular flexibility index (Phi) is 12.4. The predicted octanol–water partition coefficient (Wildman–Crippen LogP) is 6.89. The number of thioether (sulfide) groups is 1. The van der Waals surface area contributed by atoms with Gasteiger partial charge in [0.2, 0.25) is 11.8 Å². The molecule has 0 bridgehead atoms. The minimum absolute atomic E-state index is 0.0539. The highest BCUT2D eigenvalue weighted by atomic mass is 32.2. The second-order valence-electron chi connectivity index (χ2n) is 11.5. The Morgan fingerprint density at radius 1 is 0.980 bits per heavy atom. The van der Waals surface area contributed by atoms with Gasteiger partial charge >= 0.3 is 5.97 Å². The number of nitrogens with one attached hydrogen (secondary N) is 3. The number of rotatable bonds is 12. The minimum Gasteiger partial charge on any atom is -0.462 e. The van der Waals surface area contributed by atoms with Crippen LogP contribution in [-0.2, 0) is 32.1 Å². The highest BCUT2D eigenvalue weighted by Gasteiger charge is 2.31. The summed E-state index contributed by atoms with van der Waals surface area (Å²) in [7, 11) is 0. The Balaban J connectivity index is 1.32. The van der Waals surface area contributed by atoms with Crippen LogP contribution in [-0.4, -0.2) is 52.9 Å². The third-order valence-corrected chi connectivity index (χ3v) is 10.5. The van der Waals surface area contributed by atoms with Gasteiger partial charge in [-0.05, 0) is 79.4 Å². The van der Waals surface area contributed by atoms with E-state index in [1.807, 2.05) is 13.0 Å². The van der Waals surface area contributed by atoms with E-state index in [-0.39, 0.29) is 24.1 Å². The normalized spacial score (nSPS) is 13.1. The number of benzene rings is 3. The Bertz CT molecular complexity index is 1960. The fourth-order valence-corrected chi connectivity index (χ4v) is 7.64. The van der Waals surface area contributed by atoms with E-state index in [1.54, 1.807) is 60.4 Å². The fraction of sp³-hybridized carbons (Fsp3) is 0.237. The zero-order valence-electron chi connectivity index (χ0n) is 28.3. The average Bonchev–Trinajstić information content (AvgIpc) is 3.48. The van der Waals surface area contributed by atoms with Crippen molar-refractivity contribution in [1.29, 1.82) is 0 Å². The van der Waals surface area contributed by atoms with Crippen molar-refractivity contribution in [2.75, 3.05) is 23.8 Å². The molecule has 3 N–H and O–H groups in total. The third-order valence-electron chi connectivity index (χ3n) is 7.96. The molecule has 51 heavy (non-hydrogen) atoms. The molecule has 3 aromatic carbocycles. The maximum Gasteiger partial charge on any atom is 0.341 e. The topological polar surface area (TPSA) is 134 Å². The molecule has 5 rings (SSSR count). The van der Waals surface area contributed by atoms with E-state index < -0.39 is 28.9 Å². The van der Waals surface area contributed by atoms with Gasteiger partial charge < -0.3 is 25.6 Å². The predicted molar refractivity (Wildman–Crippen MR) is 197 cm³/mol. The van der Waals surface area contributed by atoms with Crippen molar-refractivity contribution in [2.24, 2.45) is 0 Å². The molecular formula is C38H37FN4O6S2. The van der Waals surface area contributed by atoms with Gasteiger partial charge in [0, 0.05) is 34.5 Å². The molecule has 4 aromatic rings. The lowest BCUT2D eigenvalue weighted by atomic mass is 10.0. The maximum atomic E-state index is 13.6. The highest BCUT2D eigenvalue weighted by molar-refractivity contribution is 8.00. The van der Waals surface area contributed by atoms with E-state index in [1.165, 1.54) is 60.4 Å². The van der Waals surface area contributed by atoms with Gasteiger partial charge in [-0.2, -0.15) is 0 Å². The molecule has 1 atom stereocenters. The summed E-state index contributed by atoms with van der Waals surface area (Å²) >= 11 is 2.57. The number of carbonyl (C=O) groups is 5. The van der Waals surface area contributed by atoms with Gasteiger partial charge in [0.1, 0.15) is 16.5 Å². The molecule has 1 aromatic heterocycles. The zero-order valence-corrected chi connectivity index (χ0v) is 29.9. The summed E-state index contributed by atoms with van der Waals surface area (Å²) in [5.74, 6) is -2.41. The summed E-state index contributed by atoms with van der Waals surface area (Å²) in [5, 5.41) is 8.27. The van der Waals surface area contributed by atoms with Crippen molar-refractivity contribution in [3.8, 4) is 0 Å². The number of ether oxygens (including phenoxy) is 1. The van der Waals surface area contributed by atoms with Gasteiger partial charge in [0.05, 0.1) is 24.0 Å². The number of hydrogen-bond donors (Lipinski definition) is 3. The molecule has 1 aliphatic heterocycles. The second kappa shape index (κ2) is 17.1. The monoisotopic (exact) mass is 728 g/mol. The van der Waals surface area contributed by atoms with Crippen LogP contribution in [0.5, 0.6) is 0 Å². The van der Waals surface area contributed by atoms with E-state index in [2.05, 4.69) is 16.0 Å². The van der Waals surface area contributed by atoms with Crippen molar-refractivity contribution in [1.82, 2.24) is 10.2 Å². The molecule has 4 amide bonds. The number of hydrogen-bond acceptors (Lipinski definition) is 8. The van der Waals surface area contributed by atoms with Crippen LogP contribution in [0.2, 0.25) is 0 Å². The first kappa shape index (κ1) is 37.0. The molecule has 1 unspecified atom stereocenters. The second-order valence-corrected chi connectivity index (χ2v) is 13.9. The van der Waals surface area contributed by atoms with Crippen molar-refractivity contribution in [3.05, 3.63) is 118 Å². The molecule has 0 aliphatic carbocycles. The molecule has 0 saturated heterocycles.